The molecule has 2 unspecified atom stereocenters. The van der Waals surface area contributed by atoms with Crippen LogP contribution in [0.4, 0.5) is 8.78 Å². The number of carbonyl (C=O) groups is 1. The van der Waals surface area contributed by atoms with Crippen molar-refractivity contribution in [1.82, 2.24) is 10.6 Å². The molecular formula is C16H22F2N2O. The molecular weight excluding hydrogens is 274 g/mol. The van der Waals surface area contributed by atoms with Crippen molar-refractivity contribution in [2.24, 2.45) is 5.92 Å². The summed E-state index contributed by atoms with van der Waals surface area (Å²) in [5.74, 6) is -1.57. The highest BCUT2D eigenvalue weighted by Gasteiger charge is 2.23. The Morgan fingerprint density at radius 2 is 2.24 bits per heavy atom. The van der Waals surface area contributed by atoms with Gasteiger partial charge in [-0.2, -0.15) is 0 Å². The molecule has 2 N–H and O–H groups in total. The van der Waals surface area contributed by atoms with Crippen LogP contribution in [-0.2, 0) is 11.2 Å². The minimum Gasteiger partial charge on any atom is -0.354 e. The Hall–Kier alpha value is -1.49. The first kappa shape index (κ1) is 15.9. The molecule has 1 aliphatic heterocycles. The summed E-state index contributed by atoms with van der Waals surface area (Å²) in [6, 6.07) is 4.17. The summed E-state index contributed by atoms with van der Waals surface area (Å²) in [5.41, 5.74) is 0.0937. The fourth-order valence-electron chi connectivity index (χ4n) is 2.89. The molecule has 3 nitrogen and oxygen atoms in total. The summed E-state index contributed by atoms with van der Waals surface area (Å²) in [6.07, 6.45) is 3.28. The molecule has 1 amide bonds. The molecule has 2 atom stereocenters. The number of hydrogen-bond donors (Lipinski definition) is 2. The third kappa shape index (κ3) is 4.24. The number of halogens is 2. The minimum absolute atomic E-state index is 0.0937. The van der Waals surface area contributed by atoms with Gasteiger partial charge >= 0.3 is 0 Å². The topological polar surface area (TPSA) is 41.1 Å². The number of hydrogen-bond acceptors (Lipinski definition) is 2. The lowest BCUT2D eigenvalue weighted by Gasteiger charge is -2.32. The van der Waals surface area contributed by atoms with Gasteiger partial charge in [0.1, 0.15) is 0 Å². The Morgan fingerprint density at radius 1 is 1.43 bits per heavy atom. The van der Waals surface area contributed by atoms with Crippen molar-refractivity contribution in [3.05, 3.63) is 35.4 Å². The normalized spacial score (nSPS) is 22.0. The fraction of sp³-hybridized carbons (Fsp3) is 0.562. The second-order valence-corrected chi connectivity index (χ2v) is 5.56. The fourth-order valence-corrected chi connectivity index (χ4v) is 2.89. The lowest BCUT2D eigenvalue weighted by atomic mass is 9.88. The summed E-state index contributed by atoms with van der Waals surface area (Å²) in [5, 5.41) is 6.23. The number of amides is 1. The molecule has 1 saturated heterocycles. The van der Waals surface area contributed by atoms with Gasteiger partial charge in [0.25, 0.3) is 0 Å². The number of piperidine rings is 1. The lowest BCUT2D eigenvalue weighted by Crippen LogP contribution is -2.48. The van der Waals surface area contributed by atoms with Gasteiger partial charge in [0, 0.05) is 18.2 Å². The van der Waals surface area contributed by atoms with Crippen LogP contribution in [0.5, 0.6) is 0 Å². The molecule has 0 saturated carbocycles. The maximum absolute atomic E-state index is 13.5. The van der Waals surface area contributed by atoms with E-state index >= 15 is 0 Å². The molecule has 1 aromatic carbocycles. The molecule has 2 rings (SSSR count). The van der Waals surface area contributed by atoms with E-state index in [1.165, 1.54) is 18.6 Å². The zero-order chi connectivity index (χ0) is 15.2. The van der Waals surface area contributed by atoms with Crippen LogP contribution < -0.4 is 10.6 Å². The van der Waals surface area contributed by atoms with Gasteiger partial charge in [-0.15, -0.1) is 0 Å². The summed E-state index contributed by atoms with van der Waals surface area (Å²) in [4.78, 5) is 11.9. The van der Waals surface area contributed by atoms with Crippen LogP contribution in [0, 0.1) is 17.6 Å². The molecule has 21 heavy (non-hydrogen) atoms. The van der Waals surface area contributed by atoms with Crippen LogP contribution in [0.3, 0.4) is 0 Å². The highest BCUT2D eigenvalue weighted by Crippen LogP contribution is 2.19. The van der Waals surface area contributed by atoms with Gasteiger partial charge in [0.15, 0.2) is 11.6 Å². The second-order valence-electron chi connectivity index (χ2n) is 5.56. The van der Waals surface area contributed by atoms with Crippen molar-refractivity contribution in [1.29, 1.82) is 0 Å². The zero-order valence-electron chi connectivity index (χ0n) is 12.3. The van der Waals surface area contributed by atoms with Crippen molar-refractivity contribution >= 4 is 5.91 Å². The molecule has 116 valence electrons. The van der Waals surface area contributed by atoms with Crippen LogP contribution in [0.1, 0.15) is 31.7 Å². The first-order valence-corrected chi connectivity index (χ1v) is 7.54. The summed E-state index contributed by atoms with van der Waals surface area (Å²) >= 11 is 0. The van der Waals surface area contributed by atoms with Crippen LogP contribution in [0.25, 0.3) is 0 Å². The number of rotatable bonds is 5. The Bertz CT molecular complexity index is 493. The predicted molar refractivity (Wildman–Crippen MR) is 77.9 cm³/mol. The van der Waals surface area contributed by atoms with E-state index in [-0.39, 0.29) is 23.9 Å². The van der Waals surface area contributed by atoms with Crippen LogP contribution >= 0.6 is 0 Å². The third-order valence-corrected chi connectivity index (χ3v) is 4.15. The minimum atomic E-state index is -0.935. The van der Waals surface area contributed by atoms with Gasteiger partial charge in [-0.25, -0.2) is 8.78 Å². The Morgan fingerprint density at radius 3 is 3.00 bits per heavy atom. The molecule has 5 heteroatoms. The maximum Gasteiger partial charge on any atom is 0.224 e. The lowest BCUT2D eigenvalue weighted by molar-refractivity contribution is -0.120. The Kier molecular flexibility index (Phi) is 5.67. The molecule has 0 aliphatic carbocycles. The van der Waals surface area contributed by atoms with Crippen molar-refractivity contribution in [3.8, 4) is 0 Å². The summed E-state index contributed by atoms with van der Waals surface area (Å²) in [6.45, 7) is 3.65. The molecule has 0 aromatic heterocycles. The number of carbonyl (C=O) groups excluding carboxylic acids is 1. The predicted octanol–water partition coefficient (Wildman–Crippen LogP) is 2.40. The summed E-state index contributed by atoms with van der Waals surface area (Å²) in [7, 11) is 0. The SMILES string of the molecule is CCC1CCCNC1CNC(=O)Cc1cccc(F)c1F. The first-order chi connectivity index (χ1) is 10.1. The van der Waals surface area contributed by atoms with Crippen LogP contribution in [0.15, 0.2) is 18.2 Å². The Labute approximate surface area is 124 Å². The third-order valence-electron chi connectivity index (χ3n) is 4.15. The average Bonchev–Trinajstić information content (AvgIpc) is 2.50. The largest absolute Gasteiger partial charge is 0.354 e. The van der Waals surface area contributed by atoms with E-state index in [1.807, 2.05) is 0 Å². The van der Waals surface area contributed by atoms with E-state index < -0.39 is 11.6 Å². The Balaban J connectivity index is 1.85. The molecule has 0 spiro atoms. The van der Waals surface area contributed by atoms with E-state index in [4.69, 9.17) is 0 Å². The van der Waals surface area contributed by atoms with E-state index in [0.717, 1.165) is 25.5 Å². The quantitative estimate of drug-likeness (QED) is 0.876. The van der Waals surface area contributed by atoms with Gasteiger partial charge in [-0.05, 0) is 31.4 Å². The van der Waals surface area contributed by atoms with Crippen LogP contribution in [-0.4, -0.2) is 25.0 Å². The van der Waals surface area contributed by atoms with Crippen molar-refractivity contribution < 1.29 is 13.6 Å². The van der Waals surface area contributed by atoms with Gasteiger partial charge < -0.3 is 10.6 Å². The number of nitrogens with one attached hydrogen (secondary N) is 2. The molecule has 1 aromatic rings. The molecule has 0 bridgehead atoms. The van der Waals surface area contributed by atoms with Crippen LogP contribution in [0.2, 0.25) is 0 Å². The smallest absolute Gasteiger partial charge is 0.224 e. The van der Waals surface area contributed by atoms with E-state index in [9.17, 15) is 13.6 Å². The first-order valence-electron chi connectivity index (χ1n) is 7.54. The molecule has 1 aliphatic rings. The molecule has 1 heterocycles. The maximum atomic E-state index is 13.5. The average molecular weight is 296 g/mol. The van der Waals surface area contributed by atoms with Crippen molar-refractivity contribution in [3.63, 3.8) is 0 Å². The van der Waals surface area contributed by atoms with Gasteiger partial charge in [0.05, 0.1) is 6.42 Å². The van der Waals surface area contributed by atoms with Gasteiger partial charge in [0.2, 0.25) is 5.91 Å². The summed E-state index contributed by atoms with van der Waals surface area (Å²) < 4.78 is 26.6. The number of benzene rings is 1. The van der Waals surface area contributed by atoms with Crippen molar-refractivity contribution in [2.45, 2.75) is 38.6 Å². The van der Waals surface area contributed by atoms with E-state index in [1.54, 1.807) is 0 Å². The zero-order valence-corrected chi connectivity index (χ0v) is 12.3. The van der Waals surface area contributed by atoms with E-state index in [0.29, 0.717) is 12.5 Å². The molecule has 0 radical (unpaired) electrons. The standard InChI is InChI=1S/C16H22F2N2O/c1-2-11-6-4-8-19-14(11)10-20-15(21)9-12-5-3-7-13(17)16(12)18/h3,5,7,11,14,19H,2,4,6,8-10H2,1H3,(H,20,21). The van der Waals surface area contributed by atoms with E-state index in [2.05, 4.69) is 17.6 Å². The second kappa shape index (κ2) is 7.50. The van der Waals surface area contributed by atoms with Gasteiger partial charge in [-0.1, -0.05) is 25.5 Å². The van der Waals surface area contributed by atoms with Crippen molar-refractivity contribution in [2.75, 3.05) is 13.1 Å². The monoisotopic (exact) mass is 296 g/mol. The molecule has 1 fully saturated rings. The van der Waals surface area contributed by atoms with Gasteiger partial charge in [-0.3, -0.25) is 4.79 Å². The highest BCUT2D eigenvalue weighted by atomic mass is 19.2. The highest BCUT2D eigenvalue weighted by molar-refractivity contribution is 5.78.